The number of carbonyl (C=O) groups is 1. The second-order valence-electron chi connectivity index (χ2n) is 6.47. The van der Waals surface area contributed by atoms with Crippen molar-refractivity contribution in [3.8, 4) is 0 Å². The first-order valence-electron chi connectivity index (χ1n) is 6.42. The van der Waals surface area contributed by atoms with Crippen molar-refractivity contribution in [1.29, 1.82) is 0 Å². The topological polar surface area (TPSA) is 44.4 Å². The molecule has 0 spiro atoms. The maximum Gasteiger partial charge on any atom is 0.238 e. The van der Waals surface area contributed by atoms with Crippen LogP contribution in [0, 0.1) is 0 Å². The van der Waals surface area contributed by atoms with E-state index in [4.69, 9.17) is 0 Å². The van der Waals surface area contributed by atoms with Crippen molar-refractivity contribution in [2.24, 2.45) is 0 Å². The van der Waals surface area contributed by atoms with Gasteiger partial charge < -0.3 is 10.6 Å². The molecule has 1 aliphatic rings. The SMILES string of the molecule is CNCC1C(=O)NCCC(C)(C)N1C(C)(C)C. The van der Waals surface area contributed by atoms with Gasteiger partial charge in [0.05, 0.1) is 0 Å². The number of nitrogens with zero attached hydrogens (tertiary/aromatic N) is 1. The van der Waals surface area contributed by atoms with E-state index in [-0.39, 0.29) is 23.0 Å². The molecule has 1 fully saturated rings. The number of likely N-dealkylation sites (N-methyl/N-ethyl adjacent to an activating group) is 1. The third kappa shape index (κ3) is 3.19. The maximum absolute atomic E-state index is 12.2. The molecule has 4 nitrogen and oxygen atoms in total. The summed E-state index contributed by atoms with van der Waals surface area (Å²) in [5, 5.41) is 6.15. The fourth-order valence-electron chi connectivity index (χ4n) is 3.02. The highest BCUT2D eigenvalue weighted by Gasteiger charge is 2.43. The Morgan fingerprint density at radius 3 is 2.53 bits per heavy atom. The molecule has 17 heavy (non-hydrogen) atoms. The lowest BCUT2D eigenvalue weighted by atomic mass is 9.89. The van der Waals surface area contributed by atoms with Crippen LogP contribution in [0.3, 0.4) is 0 Å². The first kappa shape index (κ1) is 14.5. The summed E-state index contributed by atoms with van der Waals surface area (Å²) in [7, 11) is 1.89. The van der Waals surface area contributed by atoms with Crippen LogP contribution in [0.1, 0.15) is 41.0 Å². The number of amides is 1. The molecular formula is C13H27N3O. The summed E-state index contributed by atoms with van der Waals surface area (Å²) in [6.45, 7) is 12.4. The molecule has 1 atom stereocenters. The van der Waals surface area contributed by atoms with Gasteiger partial charge in [-0.1, -0.05) is 0 Å². The Kier molecular flexibility index (Phi) is 4.20. The Morgan fingerprint density at radius 2 is 2.06 bits per heavy atom. The Morgan fingerprint density at radius 1 is 1.47 bits per heavy atom. The minimum Gasteiger partial charge on any atom is -0.355 e. The molecule has 0 aromatic heterocycles. The zero-order valence-corrected chi connectivity index (χ0v) is 12.1. The summed E-state index contributed by atoms with van der Waals surface area (Å²) in [5.74, 6) is 0.139. The molecule has 4 heteroatoms. The fraction of sp³-hybridized carbons (Fsp3) is 0.923. The lowest BCUT2D eigenvalue weighted by Gasteiger charge is -2.49. The van der Waals surface area contributed by atoms with Crippen molar-refractivity contribution in [2.45, 2.75) is 58.2 Å². The van der Waals surface area contributed by atoms with E-state index in [1.54, 1.807) is 0 Å². The Hall–Kier alpha value is -0.610. The Bertz CT molecular complexity index is 281. The van der Waals surface area contributed by atoms with E-state index in [0.717, 1.165) is 13.0 Å². The van der Waals surface area contributed by atoms with Gasteiger partial charge in [0, 0.05) is 24.2 Å². The van der Waals surface area contributed by atoms with Crippen LogP contribution < -0.4 is 10.6 Å². The number of nitrogens with one attached hydrogen (secondary N) is 2. The van der Waals surface area contributed by atoms with E-state index in [1.807, 2.05) is 7.05 Å². The van der Waals surface area contributed by atoms with Crippen LogP contribution in [-0.2, 0) is 4.79 Å². The summed E-state index contributed by atoms with van der Waals surface area (Å²) in [6, 6.07) is -0.0995. The predicted molar refractivity (Wildman–Crippen MR) is 71.0 cm³/mol. The second-order valence-corrected chi connectivity index (χ2v) is 6.47. The van der Waals surface area contributed by atoms with Crippen LogP contribution in [0.2, 0.25) is 0 Å². The van der Waals surface area contributed by atoms with Gasteiger partial charge in [-0.05, 0) is 48.1 Å². The molecule has 0 bridgehead atoms. The number of hydrogen-bond acceptors (Lipinski definition) is 3. The molecule has 0 aromatic rings. The molecule has 0 aliphatic carbocycles. The number of hydrogen-bond donors (Lipinski definition) is 2. The van der Waals surface area contributed by atoms with Crippen molar-refractivity contribution in [1.82, 2.24) is 15.5 Å². The molecule has 0 radical (unpaired) electrons. The van der Waals surface area contributed by atoms with Crippen LogP contribution >= 0.6 is 0 Å². The van der Waals surface area contributed by atoms with Crippen LogP contribution in [0.25, 0.3) is 0 Å². The van der Waals surface area contributed by atoms with Gasteiger partial charge in [0.2, 0.25) is 5.91 Å². The van der Waals surface area contributed by atoms with Gasteiger partial charge in [-0.15, -0.1) is 0 Å². The van der Waals surface area contributed by atoms with Crippen LogP contribution in [0.5, 0.6) is 0 Å². The highest BCUT2D eigenvalue weighted by Crippen LogP contribution is 2.31. The molecule has 1 amide bonds. The van der Waals surface area contributed by atoms with E-state index in [1.165, 1.54) is 0 Å². The van der Waals surface area contributed by atoms with Gasteiger partial charge >= 0.3 is 0 Å². The smallest absolute Gasteiger partial charge is 0.238 e. The summed E-state index contributed by atoms with van der Waals surface area (Å²) < 4.78 is 0. The normalized spacial score (nSPS) is 26.5. The van der Waals surface area contributed by atoms with Crippen LogP contribution in [0.15, 0.2) is 0 Å². The summed E-state index contributed by atoms with van der Waals surface area (Å²) in [6.07, 6.45) is 0.982. The average Bonchev–Trinajstić information content (AvgIpc) is 2.23. The molecule has 1 saturated heterocycles. The Balaban J connectivity index is 3.11. The Labute approximate surface area is 105 Å². The average molecular weight is 241 g/mol. The molecule has 0 saturated carbocycles. The molecule has 1 unspecified atom stereocenters. The minimum absolute atomic E-state index is 0.0211. The molecule has 1 rings (SSSR count). The van der Waals surface area contributed by atoms with Gasteiger partial charge in [-0.25, -0.2) is 0 Å². The predicted octanol–water partition coefficient (Wildman–Crippen LogP) is 0.973. The van der Waals surface area contributed by atoms with Gasteiger partial charge in [0.1, 0.15) is 6.04 Å². The minimum atomic E-state index is -0.0995. The molecule has 2 N–H and O–H groups in total. The van der Waals surface area contributed by atoms with Crippen molar-refractivity contribution in [2.75, 3.05) is 20.1 Å². The first-order valence-corrected chi connectivity index (χ1v) is 6.42. The van der Waals surface area contributed by atoms with Crippen molar-refractivity contribution in [3.05, 3.63) is 0 Å². The molecule has 1 aliphatic heterocycles. The van der Waals surface area contributed by atoms with E-state index < -0.39 is 0 Å². The molecular weight excluding hydrogens is 214 g/mol. The molecule has 100 valence electrons. The number of rotatable bonds is 2. The zero-order valence-electron chi connectivity index (χ0n) is 12.1. The summed E-state index contributed by atoms with van der Waals surface area (Å²) >= 11 is 0. The number of carbonyl (C=O) groups excluding carboxylic acids is 1. The monoisotopic (exact) mass is 241 g/mol. The van der Waals surface area contributed by atoms with Crippen molar-refractivity contribution < 1.29 is 4.79 Å². The highest BCUT2D eigenvalue weighted by atomic mass is 16.2. The fourth-order valence-corrected chi connectivity index (χ4v) is 3.02. The third-order valence-corrected chi connectivity index (χ3v) is 3.42. The lowest BCUT2D eigenvalue weighted by molar-refractivity contribution is -0.130. The van der Waals surface area contributed by atoms with Gasteiger partial charge in [0.25, 0.3) is 0 Å². The van der Waals surface area contributed by atoms with E-state index in [2.05, 4.69) is 50.2 Å². The van der Waals surface area contributed by atoms with Gasteiger partial charge in [0.15, 0.2) is 0 Å². The standard InChI is InChI=1S/C13H27N3O/c1-12(2,3)16-10(9-14-6)11(17)15-8-7-13(16,4)5/h10,14H,7-9H2,1-6H3,(H,15,17). The van der Waals surface area contributed by atoms with Crippen LogP contribution in [-0.4, -0.2) is 48.1 Å². The summed E-state index contributed by atoms with van der Waals surface area (Å²) in [5.41, 5.74) is 0.00558. The highest BCUT2D eigenvalue weighted by molar-refractivity contribution is 5.82. The van der Waals surface area contributed by atoms with E-state index in [9.17, 15) is 4.79 Å². The lowest BCUT2D eigenvalue weighted by Crippen LogP contribution is -2.62. The third-order valence-electron chi connectivity index (χ3n) is 3.42. The van der Waals surface area contributed by atoms with E-state index in [0.29, 0.717) is 6.54 Å². The summed E-state index contributed by atoms with van der Waals surface area (Å²) in [4.78, 5) is 14.5. The van der Waals surface area contributed by atoms with Crippen LogP contribution in [0.4, 0.5) is 0 Å². The molecule has 0 aromatic carbocycles. The van der Waals surface area contributed by atoms with Crippen molar-refractivity contribution >= 4 is 5.91 Å². The van der Waals surface area contributed by atoms with Gasteiger partial charge in [-0.2, -0.15) is 0 Å². The second kappa shape index (κ2) is 4.94. The largest absolute Gasteiger partial charge is 0.355 e. The van der Waals surface area contributed by atoms with Gasteiger partial charge in [-0.3, -0.25) is 9.69 Å². The first-order chi connectivity index (χ1) is 7.70. The molecule has 1 heterocycles. The van der Waals surface area contributed by atoms with E-state index >= 15 is 0 Å². The maximum atomic E-state index is 12.2. The zero-order chi connectivity index (χ0) is 13.3. The van der Waals surface area contributed by atoms with Crippen molar-refractivity contribution in [3.63, 3.8) is 0 Å². The quantitative estimate of drug-likeness (QED) is 0.757.